The van der Waals surface area contributed by atoms with Crippen molar-refractivity contribution in [3.63, 3.8) is 0 Å². The van der Waals surface area contributed by atoms with E-state index in [2.05, 4.69) is 15.5 Å². The number of sulfonamides is 1. The molecule has 1 fully saturated rings. The second-order valence-electron chi connectivity index (χ2n) is 7.13. The fraction of sp³-hybridized carbons (Fsp3) is 0.286. The Balaban J connectivity index is 1.63. The maximum absolute atomic E-state index is 13.1. The molecule has 4 rings (SSSR count). The monoisotopic (exact) mass is 442 g/mol. The number of nitrogens with zero attached hydrogens (tertiary/aromatic N) is 3. The standard InChI is InChI=1S/C21H22N4O5S/c1-14-7-8-16(13-19(14)31(27,28)25-9-11-29-12-10-25)21(26)23-18-6-4-3-5-17(18)20-22-15(2)30-24-20/h3-8,13H,9-12H2,1-2H3,(H,23,26). The normalized spacial score (nSPS) is 15.0. The van der Waals surface area contributed by atoms with Crippen molar-refractivity contribution >= 4 is 21.6 Å². The van der Waals surface area contributed by atoms with Crippen LogP contribution in [0.1, 0.15) is 21.8 Å². The van der Waals surface area contributed by atoms with Crippen LogP contribution >= 0.6 is 0 Å². The van der Waals surface area contributed by atoms with Crippen LogP contribution in [0.2, 0.25) is 0 Å². The largest absolute Gasteiger partial charge is 0.379 e. The summed E-state index contributed by atoms with van der Waals surface area (Å²) < 4.78 is 37.9. The number of rotatable bonds is 5. The van der Waals surface area contributed by atoms with Gasteiger partial charge in [0.2, 0.25) is 21.7 Å². The molecule has 0 spiro atoms. The SMILES string of the molecule is Cc1nc(-c2ccccc2NC(=O)c2ccc(C)c(S(=O)(=O)N3CCOCC3)c2)no1. The van der Waals surface area contributed by atoms with Crippen molar-refractivity contribution in [2.24, 2.45) is 0 Å². The van der Waals surface area contributed by atoms with Crippen LogP contribution in [0.4, 0.5) is 5.69 Å². The van der Waals surface area contributed by atoms with Crippen molar-refractivity contribution in [1.29, 1.82) is 0 Å². The number of carbonyl (C=O) groups excluding carboxylic acids is 1. The third kappa shape index (κ3) is 4.36. The number of benzene rings is 2. The molecule has 3 aromatic rings. The number of morpholine rings is 1. The third-order valence-electron chi connectivity index (χ3n) is 4.98. The van der Waals surface area contributed by atoms with Crippen LogP contribution in [-0.4, -0.2) is 55.1 Å². The molecule has 10 heteroatoms. The maximum atomic E-state index is 13.1. The number of hydrogen-bond donors (Lipinski definition) is 1. The molecule has 2 heterocycles. The molecule has 0 atom stereocenters. The van der Waals surface area contributed by atoms with Gasteiger partial charge in [-0.15, -0.1) is 0 Å². The Morgan fingerprint density at radius 2 is 1.84 bits per heavy atom. The molecule has 0 radical (unpaired) electrons. The zero-order valence-electron chi connectivity index (χ0n) is 17.2. The molecule has 2 aromatic carbocycles. The number of carbonyl (C=O) groups is 1. The summed E-state index contributed by atoms with van der Waals surface area (Å²) in [7, 11) is -3.73. The molecule has 1 aromatic heterocycles. The van der Waals surface area contributed by atoms with E-state index >= 15 is 0 Å². The lowest BCUT2D eigenvalue weighted by Crippen LogP contribution is -2.40. The predicted molar refractivity (Wildman–Crippen MR) is 113 cm³/mol. The fourth-order valence-corrected chi connectivity index (χ4v) is 4.99. The van der Waals surface area contributed by atoms with Gasteiger partial charge >= 0.3 is 0 Å². The molecule has 9 nitrogen and oxygen atoms in total. The molecule has 0 unspecified atom stereocenters. The maximum Gasteiger partial charge on any atom is 0.255 e. The van der Waals surface area contributed by atoms with E-state index in [0.29, 0.717) is 41.7 Å². The van der Waals surface area contributed by atoms with E-state index < -0.39 is 15.9 Å². The molecule has 1 amide bonds. The molecule has 162 valence electrons. The Morgan fingerprint density at radius 3 is 2.55 bits per heavy atom. The van der Waals surface area contributed by atoms with Gasteiger partial charge in [-0.25, -0.2) is 8.42 Å². The van der Waals surface area contributed by atoms with Gasteiger partial charge in [0.05, 0.1) is 23.8 Å². The molecule has 1 aliphatic rings. The van der Waals surface area contributed by atoms with Gasteiger partial charge in [-0.3, -0.25) is 4.79 Å². The zero-order chi connectivity index (χ0) is 22.0. The van der Waals surface area contributed by atoms with Crippen LogP contribution in [-0.2, 0) is 14.8 Å². The molecule has 1 aliphatic heterocycles. The Hall–Kier alpha value is -3.08. The summed E-state index contributed by atoms with van der Waals surface area (Å²) in [5.41, 5.74) is 1.90. The van der Waals surface area contributed by atoms with E-state index in [1.807, 2.05) is 0 Å². The van der Waals surface area contributed by atoms with Gasteiger partial charge in [-0.05, 0) is 36.8 Å². The summed E-state index contributed by atoms with van der Waals surface area (Å²) in [5.74, 6) is 0.326. The van der Waals surface area contributed by atoms with Crippen LogP contribution in [0.5, 0.6) is 0 Å². The summed E-state index contributed by atoms with van der Waals surface area (Å²) in [6, 6.07) is 11.7. The highest BCUT2D eigenvalue weighted by Gasteiger charge is 2.28. The van der Waals surface area contributed by atoms with Gasteiger partial charge in [-0.1, -0.05) is 23.4 Å². The lowest BCUT2D eigenvalue weighted by atomic mass is 10.1. The quantitative estimate of drug-likeness (QED) is 0.646. The van der Waals surface area contributed by atoms with Gasteiger partial charge in [0.25, 0.3) is 5.91 Å². The summed E-state index contributed by atoms with van der Waals surface area (Å²) in [4.78, 5) is 17.3. The molecule has 0 saturated carbocycles. The fourth-order valence-electron chi connectivity index (χ4n) is 3.34. The third-order valence-corrected chi connectivity index (χ3v) is 7.02. The summed E-state index contributed by atoms with van der Waals surface area (Å²) in [6.07, 6.45) is 0. The smallest absolute Gasteiger partial charge is 0.255 e. The minimum absolute atomic E-state index is 0.115. The van der Waals surface area contributed by atoms with Crippen molar-refractivity contribution < 1.29 is 22.5 Å². The van der Waals surface area contributed by atoms with Crippen LogP contribution < -0.4 is 5.32 Å². The van der Waals surface area contributed by atoms with Crippen LogP contribution in [0.25, 0.3) is 11.4 Å². The zero-order valence-corrected chi connectivity index (χ0v) is 18.0. The van der Waals surface area contributed by atoms with Gasteiger partial charge in [0.1, 0.15) is 0 Å². The predicted octanol–water partition coefficient (Wildman–Crippen LogP) is 2.63. The Morgan fingerprint density at radius 1 is 1.10 bits per heavy atom. The van der Waals surface area contributed by atoms with Crippen molar-refractivity contribution in [3.8, 4) is 11.4 Å². The Labute approximate surface area is 180 Å². The highest BCUT2D eigenvalue weighted by atomic mass is 32.2. The molecule has 1 N–H and O–H groups in total. The molecule has 1 saturated heterocycles. The van der Waals surface area contributed by atoms with E-state index in [1.54, 1.807) is 50.2 Å². The molecular formula is C21H22N4O5S. The average Bonchev–Trinajstić information content (AvgIpc) is 3.21. The Bertz CT molecular complexity index is 1220. The van der Waals surface area contributed by atoms with Crippen molar-refractivity contribution in [2.45, 2.75) is 18.7 Å². The second kappa shape index (κ2) is 8.58. The first-order chi connectivity index (χ1) is 14.9. The average molecular weight is 442 g/mol. The lowest BCUT2D eigenvalue weighted by Gasteiger charge is -2.26. The van der Waals surface area contributed by atoms with Crippen molar-refractivity contribution in [2.75, 3.05) is 31.6 Å². The summed E-state index contributed by atoms with van der Waals surface area (Å²) in [6.45, 7) is 4.67. The number of para-hydroxylation sites is 1. The van der Waals surface area contributed by atoms with Crippen LogP contribution in [0.3, 0.4) is 0 Å². The van der Waals surface area contributed by atoms with Gasteiger partial charge < -0.3 is 14.6 Å². The van der Waals surface area contributed by atoms with Gasteiger partial charge in [0, 0.05) is 31.1 Å². The molecule has 31 heavy (non-hydrogen) atoms. The number of ether oxygens (including phenoxy) is 1. The van der Waals surface area contributed by atoms with Crippen LogP contribution in [0.15, 0.2) is 51.9 Å². The van der Waals surface area contributed by atoms with Gasteiger partial charge in [-0.2, -0.15) is 9.29 Å². The van der Waals surface area contributed by atoms with E-state index in [4.69, 9.17) is 9.26 Å². The van der Waals surface area contributed by atoms with Crippen molar-refractivity contribution in [1.82, 2.24) is 14.4 Å². The van der Waals surface area contributed by atoms with E-state index in [1.165, 1.54) is 10.4 Å². The molecular weight excluding hydrogens is 420 g/mol. The van der Waals surface area contributed by atoms with E-state index in [-0.39, 0.29) is 23.5 Å². The first kappa shape index (κ1) is 21.2. The summed E-state index contributed by atoms with van der Waals surface area (Å²) in [5, 5.41) is 6.73. The second-order valence-corrected chi connectivity index (χ2v) is 9.04. The van der Waals surface area contributed by atoms with E-state index in [0.717, 1.165) is 0 Å². The topological polar surface area (TPSA) is 115 Å². The number of nitrogens with one attached hydrogen (secondary N) is 1. The van der Waals surface area contributed by atoms with Gasteiger partial charge in [0.15, 0.2) is 0 Å². The first-order valence-electron chi connectivity index (χ1n) is 9.76. The lowest BCUT2D eigenvalue weighted by molar-refractivity contribution is 0.0730. The number of aromatic nitrogens is 2. The number of hydrogen-bond acceptors (Lipinski definition) is 7. The molecule has 0 bridgehead atoms. The minimum Gasteiger partial charge on any atom is -0.379 e. The minimum atomic E-state index is -3.73. The Kier molecular flexibility index (Phi) is 5.86. The highest BCUT2D eigenvalue weighted by molar-refractivity contribution is 7.89. The first-order valence-corrected chi connectivity index (χ1v) is 11.2. The molecule has 0 aliphatic carbocycles. The van der Waals surface area contributed by atoms with E-state index in [9.17, 15) is 13.2 Å². The number of amides is 1. The van der Waals surface area contributed by atoms with Crippen molar-refractivity contribution in [3.05, 3.63) is 59.5 Å². The highest BCUT2D eigenvalue weighted by Crippen LogP contribution is 2.27. The number of anilines is 1. The van der Waals surface area contributed by atoms with Crippen LogP contribution in [0, 0.1) is 13.8 Å². The summed E-state index contributed by atoms with van der Waals surface area (Å²) >= 11 is 0. The number of aryl methyl sites for hydroxylation is 2.